The Bertz CT molecular complexity index is 1510. The molecule has 5 rings (SSSR count). The summed E-state index contributed by atoms with van der Waals surface area (Å²) in [6.45, 7) is 2.16. The first-order valence-corrected chi connectivity index (χ1v) is 11.8. The Labute approximate surface area is 215 Å². The number of aromatic nitrogens is 4. The number of benzene rings is 1. The lowest BCUT2D eigenvalue weighted by atomic mass is 10.1. The summed E-state index contributed by atoms with van der Waals surface area (Å²) in [6.07, 6.45) is 3.34. The molecule has 4 heterocycles. The van der Waals surface area contributed by atoms with Crippen LogP contribution in [0, 0.1) is 0 Å². The molecule has 186 valence electrons. The third kappa shape index (κ3) is 4.39. The van der Waals surface area contributed by atoms with Gasteiger partial charge in [-0.3, -0.25) is 9.59 Å². The molecule has 1 saturated heterocycles. The van der Waals surface area contributed by atoms with Crippen LogP contribution in [-0.4, -0.2) is 63.5 Å². The molecule has 1 aliphatic rings. The minimum absolute atomic E-state index is 0.0766. The highest BCUT2D eigenvalue weighted by atomic mass is 35.5. The van der Waals surface area contributed by atoms with E-state index in [4.69, 9.17) is 32.8 Å². The van der Waals surface area contributed by atoms with Gasteiger partial charge in [0, 0.05) is 43.5 Å². The quantitative estimate of drug-likeness (QED) is 0.423. The molecule has 0 atom stereocenters. The Kier molecular flexibility index (Phi) is 6.57. The molecular weight excluding hydrogens is 507 g/mol. The molecule has 1 N–H and O–H groups in total. The molecular formula is C24H22Cl2N6O4. The molecule has 1 fully saturated rings. The number of carbonyl (C=O) groups is 1. The van der Waals surface area contributed by atoms with Crippen LogP contribution in [0.4, 0.5) is 11.6 Å². The monoisotopic (exact) mass is 528 g/mol. The van der Waals surface area contributed by atoms with Crippen molar-refractivity contribution in [2.75, 3.05) is 38.7 Å². The first-order chi connectivity index (χ1) is 17.4. The van der Waals surface area contributed by atoms with E-state index in [-0.39, 0.29) is 23.1 Å². The minimum atomic E-state index is -0.470. The van der Waals surface area contributed by atoms with Crippen LogP contribution < -0.4 is 15.7 Å². The average Bonchev–Trinajstić information content (AvgIpc) is 3.24. The van der Waals surface area contributed by atoms with E-state index in [0.717, 1.165) is 4.73 Å². The number of anilines is 2. The van der Waals surface area contributed by atoms with Crippen molar-refractivity contribution in [2.45, 2.75) is 0 Å². The fraction of sp³-hybridized carbons (Fsp3) is 0.250. The maximum Gasteiger partial charge on any atom is 0.293 e. The number of aryl methyl sites for hydroxylation is 1. The van der Waals surface area contributed by atoms with E-state index in [1.54, 1.807) is 59.2 Å². The standard InChI is InChI=1S/C24H22Cl2N6O4/c1-30-13-15(11-19(30)23(34)31-6-8-36-9-7-31)28-24-27-12-14-10-16(20-17(25)4-3-5-18(20)26)22(33)32(35-2)21(14)29-24/h3-5,10-13H,6-9H2,1-2H3,(H,27,28,29). The van der Waals surface area contributed by atoms with Gasteiger partial charge in [0.2, 0.25) is 5.95 Å². The fourth-order valence-corrected chi connectivity index (χ4v) is 4.74. The first-order valence-electron chi connectivity index (χ1n) is 11.1. The summed E-state index contributed by atoms with van der Waals surface area (Å²) in [5, 5.41) is 4.32. The number of nitrogens with one attached hydrogen (secondary N) is 1. The molecule has 1 aromatic carbocycles. The Morgan fingerprint density at radius 1 is 1.17 bits per heavy atom. The normalized spacial score (nSPS) is 13.7. The summed E-state index contributed by atoms with van der Waals surface area (Å²) >= 11 is 12.7. The molecule has 12 heteroatoms. The zero-order valence-electron chi connectivity index (χ0n) is 19.5. The Morgan fingerprint density at radius 3 is 2.58 bits per heavy atom. The average molecular weight is 529 g/mol. The van der Waals surface area contributed by atoms with Crippen LogP contribution in [0.2, 0.25) is 10.0 Å². The maximum atomic E-state index is 13.2. The number of pyridine rings is 1. The number of fused-ring (bicyclic) bond motifs is 1. The zero-order valence-corrected chi connectivity index (χ0v) is 21.0. The van der Waals surface area contributed by atoms with Gasteiger partial charge in [-0.25, -0.2) is 4.98 Å². The van der Waals surface area contributed by atoms with E-state index in [1.807, 2.05) is 0 Å². The SMILES string of the molecule is COn1c(=O)c(-c2c(Cl)cccc2Cl)cc2cnc(Nc3cc(C(=O)N4CCOCC4)n(C)c3)nc21. The molecule has 36 heavy (non-hydrogen) atoms. The van der Waals surface area contributed by atoms with E-state index in [2.05, 4.69) is 15.3 Å². The van der Waals surface area contributed by atoms with Crippen molar-refractivity contribution in [3.05, 3.63) is 68.8 Å². The van der Waals surface area contributed by atoms with E-state index in [1.165, 1.54) is 7.11 Å². The van der Waals surface area contributed by atoms with Crippen molar-refractivity contribution in [1.82, 2.24) is 24.2 Å². The highest BCUT2D eigenvalue weighted by molar-refractivity contribution is 6.39. The molecule has 10 nitrogen and oxygen atoms in total. The third-order valence-electron chi connectivity index (χ3n) is 5.90. The van der Waals surface area contributed by atoms with Gasteiger partial charge in [0.05, 0.1) is 34.5 Å². The lowest BCUT2D eigenvalue weighted by molar-refractivity contribution is 0.0296. The number of ether oxygens (including phenoxy) is 1. The van der Waals surface area contributed by atoms with Crippen molar-refractivity contribution >= 4 is 51.8 Å². The highest BCUT2D eigenvalue weighted by Gasteiger charge is 2.22. The Morgan fingerprint density at radius 2 is 1.89 bits per heavy atom. The van der Waals surface area contributed by atoms with Crippen LogP contribution in [0.15, 0.2) is 47.5 Å². The predicted molar refractivity (Wildman–Crippen MR) is 137 cm³/mol. The van der Waals surface area contributed by atoms with Crippen LogP contribution in [0.1, 0.15) is 10.5 Å². The Balaban J connectivity index is 1.49. The number of nitrogens with zero attached hydrogens (tertiary/aromatic N) is 5. The van der Waals surface area contributed by atoms with Crippen molar-refractivity contribution < 1.29 is 14.4 Å². The second kappa shape index (κ2) is 9.81. The summed E-state index contributed by atoms with van der Waals surface area (Å²) < 4.78 is 8.14. The lowest BCUT2D eigenvalue weighted by Crippen LogP contribution is -2.41. The van der Waals surface area contributed by atoms with Gasteiger partial charge in [-0.05, 0) is 24.3 Å². The van der Waals surface area contributed by atoms with Gasteiger partial charge in [0.15, 0.2) is 5.65 Å². The maximum absolute atomic E-state index is 13.2. The molecule has 1 aliphatic heterocycles. The first kappa shape index (κ1) is 24.1. The van der Waals surface area contributed by atoms with Crippen LogP contribution >= 0.6 is 23.2 Å². The van der Waals surface area contributed by atoms with Gasteiger partial charge in [-0.15, -0.1) is 4.73 Å². The molecule has 0 bridgehead atoms. The molecule has 0 unspecified atom stereocenters. The van der Waals surface area contributed by atoms with E-state index in [9.17, 15) is 9.59 Å². The largest absolute Gasteiger partial charge is 0.412 e. The van der Waals surface area contributed by atoms with Crippen LogP contribution in [0.3, 0.4) is 0 Å². The molecule has 3 aromatic heterocycles. The van der Waals surface area contributed by atoms with Gasteiger partial charge >= 0.3 is 0 Å². The smallest absolute Gasteiger partial charge is 0.293 e. The molecule has 0 saturated carbocycles. The predicted octanol–water partition coefficient (Wildman–Crippen LogP) is 3.38. The molecule has 0 spiro atoms. The number of carbonyl (C=O) groups excluding carboxylic acids is 1. The number of rotatable bonds is 5. The summed E-state index contributed by atoms with van der Waals surface area (Å²) in [5.74, 6) is 0.152. The van der Waals surface area contributed by atoms with E-state index >= 15 is 0 Å². The number of halogens is 2. The molecule has 0 aliphatic carbocycles. The second-order valence-corrected chi connectivity index (χ2v) is 8.98. The number of hydrogen-bond donors (Lipinski definition) is 1. The minimum Gasteiger partial charge on any atom is -0.412 e. The van der Waals surface area contributed by atoms with Gasteiger partial charge in [-0.1, -0.05) is 29.3 Å². The Hall–Kier alpha value is -3.60. The number of amides is 1. The van der Waals surface area contributed by atoms with Crippen molar-refractivity contribution in [3.8, 4) is 11.1 Å². The summed E-state index contributed by atoms with van der Waals surface area (Å²) in [5.41, 5.74) is 1.60. The molecule has 0 radical (unpaired) electrons. The van der Waals surface area contributed by atoms with Gasteiger partial charge in [0.25, 0.3) is 11.5 Å². The third-order valence-corrected chi connectivity index (χ3v) is 6.53. The van der Waals surface area contributed by atoms with Crippen LogP contribution in [0.25, 0.3) is 22.2 Å². The van der Waals surface area contributed by atoms with Crippen LogP contribution in [0.5, 0.6) is 0 Å². The summed E-state index contributed by atoms with van der Waals surface area (Å²) in [4.78, 5) is 42.1. The van der Waals surface area contributed by atoms with Gasteiger partial charge < -0.3 is 24.4 Å². The fourth-order valence-electron chi connectivity index (χ4n) is 4.14. The number of hydrogen-bond acceptors (Lipinski definition) is 7. The van der Waals surface area contributed by atoms with E-state index < -0.39 is 5.56 Å². The van der Waals surface area contributed by atoms with Gasteiger partial charge in [0.1, 0.15) is 12.8 Å². The van der Waals surface area contributed by atoms with E-state index in [0.29, 0.717) is 58.7 Å². The van der Waals surface area contributed by atoms with Crippen molar-refractivity contribution in [1.29, 1.82) is 0 Å². The highest BCUT2D eigenvalue weighted by Crippen LogP contribution is 2.33. The van der Waals surface area contributed by atoms with Gasteiger partial charge in [-0.2, -0.15) is 4.98 Å². The van der Waals surface area contributed by atoms with Crippen molar-refractivity contribution in [3.63, 3.8) is 0 Å². The number of morpholine rings is 1. The van der Waals surface area contributed by atoms with Crippen molar-refractivity contribution in [2.24, 2.45) is 7.05 Å². The topological polar surface area (TPSA) is 104 Å². The molecule has 1 amide bonds. The molecule has 4 aromatic rings. The van der Waals surface area contributed by atoms with Crippen LogP contribution in [-0.2, 0) is 11.8 Å². The summed E-state index contributed by atoms with van der Waals surface area (Å²) in [6, 6.07) is 8.38. The summed E-state index contributed by atoms with van der Waals surface area (Å²) in [7, 11) is 3.17. The second-order valence-electron chi connectivity index (χ2n) is 8.16. The zero-order chi connectivity index (χ0) is 25.4. The lowest BCUT2D eigenvalue weighted by Gasteiger charge is -2.26.